The van der Waals surface area contributed by atoms with Crippen molar-refractivity contribution in [2.75, 3.05) is 12.3 Å². The Hall–Kier alpha value is -3.11. The number of pyridine rings is 1. The molecule has 2 rings (SSSR count). The highest BCUT2D eigenvalue weighted by Crippen LogP contribution is 2.04. The lowest BCUT2D eigenvalue weighted by molar-refractivity contribution is -0.118. The molecule has 4 N–H and O–H groups in total. The minimum Gasteiger partial charge on any atom is -0.322 e. The molecule has 0 aliphatic carbocycles. The van der Waals surface area contributed by atoms with E-state index in [9.17, 15) is 22.8 Å². The highest BCUT2D eigenvalue weighted by molar-refractivity contribution is 7.90. The van der Waals surface area contributed by atoms with Crippen molar-refractivity contribution in [2.24, 2.45) is 5.73 Å². The number of amides is 3. The van der Waals surface area contributed by atoms with E-state index in [1.807, 2.05) is 16.1 Å². The highest BCUT2D eigenvalue weighted by Gasteiger charge is 2.17. The maximum atomic E-state index is 12.1. The number of nitrogens with one attached hydrogen (secondary N) is 2. The highest BCUT2D eigenvalue weighted by atomic mass is 32.2. The minimum absolute atomic E-state index is 0.0417. The number of rotatable bonds is 7. The van der Waals surface area contributed by atoms with Crippen LogP contribution in [0.5, 0.6) is 0 Å². The van der Waals surface area contributed by atoms with Gasteiger partial charge in [0.15, 0.2) is 0 Å². The monoisotopic (exact) mass is 390 g/mol. The van der Waals surface area contributed by atoms with Crippen LogP contribution in [0.3, 0.4) is 0 Å². The molecule has 1 aromatic heterocycles. The van der Waals surface area contributed by atoms with Crippen LogP contribution in [0.4, 0.5) is 0 Å². The van der Waals surface area contributed by atoms with Gasteiger partial charge in [-0.3, -0.25) is 24.7 Å². The number of nitrogens with two attached hydrogens (primary N) is 1. The van der Waals surface area contributed by atoms with Crippen LogP contribution in [0.15, 0.2) is 48.7 Å². The topological polar surface area (TPSA) is 148 Å². The van der Waals surface area contributed by atoms with Gasteiger partial charge in [-0.2, -0.15) is 0 Å². The van der Waals surface area contributed by atoms with Gasteiger partial charge in [0.1, 0.15) is 5.69 Å². The number of hydrogen-bond donors (Lipinski definition) is 3. The molecule has 1 aromatic carbocycles. The van der Waals surface area contributed by atoms with Crippen LogP contribution >= 0.6 is 0 Å². The largest absolute Gasteiger partial charge is 0.322 e. The quantitative estimate of drug-likeness (QED) is 0.582. The second-order valence-corrected chi connectivity index (χ2v) is 7.34. The van der Waals surface area contributed by atoms with Crippen LogP contribution in [-0.4, -0.2) is 43.4 Å². The Bertz CT molecular complexity index is 928. The Balaban J connectivity index is 1.96. The third-order valence-electron chi connectivity index (χ3n) is 3.45. The predicted molar refractivity (Wildman–Crippen MR) is 97.2 cm³/mol. The lowest BCUT2D eigenvalue weighted by atomic mass is 10.2. The van der Waals surface area contributed by atoms with Crippen LogP contribution < -0.4 is 15.8 Å². The molecular formula is C17H18N4O5S. The zero-order valence-corrected chi connectivity index (χ0v) is 15.0. The van der Waals surface area contributed by atoms with E-state index in [2.05, 4.69) is 4.98 Å². The van der Waals surface area contributed by atoms with Crippen molar-refractivity contribution in [3.63, 3.8) is 0 Å². The summed E-state index contributed by atoms with van der Waals surface area (Å²) in [6, 6.07) is 11.4. The van der Waals surface area contributed by atoms with Crippen molar-refractivity contribution in [3.05, 3.63) is 65.5 Å². The summed E-state index contributed by atoms with van der Waals surface area (Å²) in [6.45, 7) is -0.354. The maximum Gasteiger partial charge on any atom is 0.276 e. The number of carbonyl (C=O) groups is 3. The molecule has 10 heteroatoms. The molecule has 0 bridgehead atoms. The molecule has 9 nitrogen and oxygen atoms in total. The number of carbonyl (C=O) groups excluding carboxylic acids is 3. The molecule has 0 fully saturated rings. The Morgan fingerprint density at radius 2 is 1.70 bits per heavy atom. The standard InChI is InChI=1S/C17H18N4O5S/c18-10-15(22)20-17(24)14-7-6-13(11-19-14)16(23)21-27(25,26)9-8-12-4-2-1-3-5-12/h1-7,11H,8-10,18H2,(H,21,23)(H,20,22,24). The molecule has 0 radical (unpaired) electrons. The normalized spacial score (nSPS) is 10.9. The molecule has 0 spiro atoms. The summed E-state index contributed by atoms with van der Waals surface area (Å²) < 4.78 is 26.1. The molecule has 0 saturated carbocycles. The molecular weight excluding hydrogens is 372 g/mol. The van der Waals surface area contributed by atoms with E-state index in [1.165, 1.54) is 12.1 Å². The summed E-state index contributed by atoms with van der Waals surface area (Å²) in [5, 5.41) is 2.00. The Morgan fingerprint density at radius 1 is 1.00 bits per heavy atom. The van der Waals surface area contributed by atoms with Crippen molar-refractivity contribution in [1.82, 2.24) is 15.0 Å². The fourth-order valence-electron chi connectivity index (χ4n) is 2.05. The number of sulfonamides is 1. The van der Waals surface area contributed by atoms with Crippen molar-refractivity contribution in [1.29, 1.82) is 0 Å². The van der Waals surface area contributed by atoms with E-state index in [0.717, 1.165) is 11.8 Å². The van der Waals surface area contributed by atoms with E-state index in [-0.39, 0.29) is 30.0 Å². The Labute approximate surface area is 156 Å². The summed E-state index contributed by atoms with van der Waals surface area (Å²) in [4.78, 5) is 38.6. The minimum atomic E-state index is -3.84. The van der Waals surface area contributed by atoms with E-state index in [4.69, 9.17) is 5.73 Å². The van der Waals surface area contributed by atoms with Gasteiger partial charge in [-0.1, -0.05) is 30.3 Å². The van der Waals surface area contributed by atoms with Crippen LogP contribution in [0.1, 0.15) is 26.4 Å². The van der Waals surface area contributed by atoms with Gasteiger partial charge in [0.25, 0.3) is 11.8 Å². The Morgan fingerprint density at radius 3 is 2.30 bits per heavy atom. The van der Waals surface area contributed by atoms with Gasteiger partial charge < -0.3 is 5.73 Å². The second kappa shape index (κ2) is 9.01. The number of benzene rings is 1. The molecule has 1 heterocycles. The van der Waals surface area contributed by atoms with Gasteiger partial charge in [0.2, 0.25) is 15.9 Å². The number of nitrogens with zero attached hydrogens (tertiary/aromatic N) is 1. The summed E-state index contributed by atoms with van der Waals surface area (Å²) in [7, 11) is -3.84. The number of hydrogen-bond acceptors (Lipinski definition) is 7. The van der Waals surface area contributed by atoms with E-state index in [0.29, 0.717) is 0 Å². The Kier molecular flexibility index (Phi) is 6.74. The molecule has 0 atom stereocenters. The SMILES string of the molecule is NCC(=O)NC(=O)c1ccc(C(=O)NS(=O)(=O)CCc2ccccc2)cn1. The smallest absolute Gasteiger partial charge is 0.276 e. The lowest BCUT2D eigenvalue weighted by Crippen LogP contribution is -2.36. The molecule has 142 valence electrons. The lowest BCUT2D eigenvalue weighted by Gasteiger charge is -2.07. The van der Waals surface area contributed by atoms with Crippen molar-refractivity contribution < 1.29 is 22.8 Å². The molecule has 2 aromatic rings. The molecule has 0 aliphatic rings. The summed E-state index contributed by atoms with van der Waals surface area (Å²) in [5.41, 5.74) is 5.77. The summed E-state index contributed by atoms with van der Waals surface area (Å²) in [5.74, 6) is -2.56. The zero-order valence-electron chi connectivity index (χ0n) is 14.2. The summed E-state index contributed by atoms with van der Waals surface area (Å²) >= 11 is 0. The second-order valence-electron chi connectivity index (χ2n) is 5.50. The number of aromatic nitrogens is 1. The molecule has 27 heavy (non-hydrogen) atoms. The van der Waals surface area contributed by atoms with Crippen LogP contribution in [-0.2, 0) is 21.2 Å². The number of imide groups is 1. The first kappa shape index (κ1) is 20.2. The molecule has 0 unspecified atom stereocenters. The van der Waals surface area contributed by atoms with Gasteiger partial charge in [-0.15, -0.1) is 0 Å². The van der Waals surface area contributed by atoms with Crippen LogP contribution in [0.2, 0.25) is 0 Å². The van der Waals surface area contributed by atoms with Crippen LogP contribution in [0.25, 0.3) is 0 Å². The van der Waals surface area contributed by atoms with Crippen molar-refractivity contribution >= 4 is 27.7 Å². The van der Waals surface area contributed by atoms with Gasteiger partial charge in [0.05, 0.1) is 17.9 Å². The fraction of sp³-hybridized carbons (Fsp3) is 0.176. The first-order valence-corrected chi connectivity index (χ1v) is 9.55. The molecule has 0 aliphatic heterocycles. The first-order valence-electron chi connectivity index (χ1n) is 7.90. The van der Waals surface area contributed by atoms with Gasteiger partial charge in [-0.25, -0.2) is 13.1 Å². The van der Waals surface area contributed by atoms with E-state index >= 15 is 0 Å². The zero-order chi connectivity index (χ0) is 19.9. The number of aryl methyl sites for hydroxylation is 1. The van der Waals surface area contributed by atoms with Crippen molar-refractivity contribution in [2.45, 2.75) is 6.42 Å². The third-order valence-corrected chi connectivity index (χ3v) is 4.69. The summed E-state index contributed by atoms with van der Waals surface area (Å²) in [6.07, 6.45) is 1.31. The maximum absolute atomic E-state index is 12.1. The predicted octanol–water partition coefficient (Wildman–Crippen LogP) is -0.401. The van der Waals surface area contributed by atoms with Gasteiger partial charge in [-0.05, 0) is 24.1 Å². The van der Waals surface area contributed by atoms with Gasteiger partial charge in [0, 0.05) is 6.20 Å². The van der Waals surface area contributed by atoms with Gasteiger partial charge >= 0.3 is 0 Å². The average molecular weight is 390 g/mol. The molecule has 3 amide bonds. The average Bonchev–Trinajstić information content (AvgIpc) is 2.67. The van der Waals surface area contributed by atoms with E-state index < -0.39 is 27.7 Å². The van der Waals surface area contributed by atoms with E-state index in [1.54, 1.807) is 24.3 Å². The molecule has 0 saturated heterocycles. The first-order chi connectivity index (χ1) is 12.8. The third kappa shape index (κ3) is 6.28. The van der Waals surface area contributed by atoms with Crippen molar-refractivity contribution in [3.8, 4) is 0 Å². The van der Waals surface area contributed by atoms with Crippen LogP contribution in [0, 0.1) is 0 Å². The fourth-order valence-corrected chi connectivity index (χ4v) is 3.06.